The molecule has 1 aliphatic rings. The first-order valence-electron chi connectivity index (χ1n) is 11.8. The number of hydrogen-bond donors (Lipinski definition) is 3. The number of carboxylic acids is 1. The second-order valence-electron chi connectivity index (χ2n) is 8.04. The summed E-state index contributed by atoms with van der Waals surface area (Å²) in [5, 5.41) is 14.2. The van der Waals surface area contributed by atoms with Gasteiger partial charge in [-0.3, -0.25) is 9.59 Å². The molecule has 0 aromatic heterocycles. The predicted molar refractivity (Wildman–Crippen MR) is 129 cm³/mol. The molecule has 1 atom stereocenters. The maximum Gasteiger partial charge on any atom is 0.407 e. The second-order valence-corrected chi connectivity index (χ2v) is 8.04. The maximum absolute atomic E-state index is 12.7. The molecule has 1 unspecified atom stereocenters. The van der Waals surface area contributed by atoms with Crippen LogP contribution >= 0.6 is 0 Å². The van der Waals surface area contributed by atoms with Crippen LogP contribution < -0.4 is 10.6 Å². The number of benzene rings is 2. The second kappa shape index (κ2) is 12.9. The summed E-state index contributed by atoms with van der Waals surface area (Å²) in [6.07, 6.45) is -1.80. The zero-order chi connectivity index (χ0) is 25.2. The summed E-state index contributed by atoms with van der Waals surface area (Å²) in [6, 6.07) is 14.9. The van der Waals surface area contributed by atoms with Crippen LogP contribution in [0.3, 0.4) is 0 Å². The van der Waals surface area contributed by atoms with Gasteiger partial charge >= 0.3 is 12.1 Å². The third kappa shape index (κ3) is 7.03. The average molecular weight is 485 g/mol. The third-order valence-corrected chi connectivity index (χ3v) is 5.75. The fraction of sp³-hybridized carbons (Fsp3) is 0.423. The van der Waals surface area contributed by atoms with Gasteiger partial charge in [0.15, 0.2) is 6.29 Å². The Hall–Kier alpha value is -3.43. The molecule has 2 aromatic rings. The molecule has 9 heteroatoms. The van der Waals surface area contributed by atoms with Gasteiger partial charge in [-0.2, -0.15) is 0 Å². The van der Waals surface area contributed by atoms with Gasteiger partial charge in [0, 0.05) is 25.6 Å². The van der Waals surface area contributed by atoms with Crippen molar-refractivity contribution in [2.75, 3.05) is 26.4 Å². The van der Waals surface area contributed by atoms with Crippen molar-refractivity contribution < 1.29 is 33.7 Å². The molecule has 35 heavy (non-hydrogen) atoms. The van der Waals surface area contributed by atoms with Crippen molar-refractivity contribution in [3.05, 3.63) is 59.7 Å². The molecule has 1 aliphatic carbocycles. The van der Waals surface area contributed by atoms with E-state index >= 15 is 0 Å². The van der Waals surface area contributed by atoms with E-state index in [4.69, 9.17) is 19.3 Å². The molecular formula is C26H32N2O7. The van der Waals surface area contributed by atoms with Gasteiger partial charge in [0.1, 0.15) is 12.6 Å². The van der Waals surface area contributed by atoms with Gasteiger partial charge in [0.05, 0.1) is 6.54 Å². The normalized spacial score (nSPS) is 13.1. The largest absolute Gasteiger partial charge is 0.481 e. The van der Waals surface area contributed by atoms with E-state index < -0.39 is 30.3 Å². The molecule has 0 heterocycles. The smallest absolute Gasteiger partial charge is 0.407 e. The van der Waals surface area contributed by atoms with Crippen molar-refractivity contribution in [3.8, 4) is 11.1 Å². The maximum atomic E-state index is 12.7. The molecule has 0 fully saturated rings. The Kier molecular flexibility index (Phi) is 9.63. The van der Waals surface area contributed by atoms with Crippen LogP contribution in [0.4, 0.5) is 4.79 Å². The molecule has 3 N–H and O–H groups in total. The van der Waals surface area contributed by atoms with E-state index in [-0.39, 0.29) is 31.9 Å². The summed E-state index contributed by atoms with van der Waals surface area (Å²) in [5.74, 6) is -1.74. The summed E-state index contributed by atoms with van der Waals surface area (Å²) < 4.78 is 16.3. The lowest BCUT2D eigenvalue weighted by atomic mass is 9.98. The van der Waals surface area contributed by atoms with Gasteiger partial charge in [-0.15, -0.1) is 0 Å². The molecule has 0 saturated heterocycles. The third-order valence-electron chi connectivity index (χ3n) is 5.75. The Balaban J connectivity index is 1.61. The Labute approximate surface area is 204 Å². The lowest BCUT2D eigenvalue weighted by molar-refractivity contribution is -0.142. The minimum Gasteiger partial charge on any atom is -0.481 e. The zero-order valence-electron chi connectivity index (χ0n) is 20.0. The molecular weight excluding hydrogens is 452 g/mol. The Morgan fingerprint density at radius 1 is 0.943 bits per heavy atom. The lowest BCUT2D eigenvalue weighted by Crippen LogP contribution is -2.49. The minimum absolute atomic E-state index is 0.0659. The lowest BCUT2D eigenvalue weighted by Gasteiger charge is -2.21. The molecule has 0 bridgehead atoms. The van der Waals surface area contributed by atoms with E-state index in [1.165, 1.54) is 0 Å². The Morgan fingerprint density at radius 2 is 1.51 bits per heavy atom. The number of hydrogen-bond acceptors (Lipinski definition) is 6. The molecule has 0 radical (unpaired) electrons. The van der Waals surface area contributed by atoms with E-state index in [0.29, 0.717) is 13.2 Å². The molecule has 0 saturated carbocycles. The van der Waals surface area contributed by atoms with Crippen LogP contribution in [0.25, 0.3) is 11.1 Å². The monoisotopic (exact) mass is 484 g/mol. The van der Waals surface area contributed by atoms with E-state index in [1.54, 1.807) is 0 Å². The number of aliphatic carboxylic acids is 1. The van der Waals surface area contributed by atoms with Gasteiger partial charge in [-0.1, -0.05) is 48.5 Å². The van der Waals surface area contributed by atoms with Crippen molar-refractivity contribution in [2.45, 2.75) is 44.9 Å². The molecule has 188 valence electrons. The average Bonchev–Trinajstić information content (AvgIpc) is 3.17. The van der Waals surface area contributed by atoms with Crippen LogP contribution in [0, 0.1) is 0 Å². The first kappa shape index (κ1) is 26.2. The van der Waals surface area contributed by atoms with Crippen molar-refractivity contribution in [3.63, 3.8) is 0 Å². The van der Waals surface area contributed by atoms with Crippen molar-refractivity contribution >= 4 is 18.0 Å². The fourth-order valence-electron chi connectivity index (χ4n) is 4.16. The number of rotatable bonds is 13. The van der Waals surface area contributed by atoms with Crippen molar-refractivity contribution in [2.24, 2.45) is 0 Å². The van der Waals surface area contributed by atoms with Gasteiger partial charge in [-0.25, -0.2) is 4.79 Å². The standard InChI is InChI=1S/C26H32N2O7/c1-3-33-24(34-4-2)15-27-25(31)22(13-14-23(29)30)28-26(32)35-16-21-19-11-7-5-9-17(19)18-10-6-8-12-20(18)21/h5-12,21-22,24H,3-4,13-16H2,1-2H3,(H,27,31)(H,28,32)(H,29,30). The summed E-state index contributed by atoms with van der Waals surface area (Å²) in [6.45, 7) is 4.58. The number of alkyl carbamates (subject to hydrolysis) is 1. The van der Waals surface area contributed by atoms with Crippen LogP contribution in [0.5, 0.6) is 0 Å². The highest BCUT2D eigenvalue weighted by Gasteiger charge is 2.30. The molecule has 2 amide bonds. The molecule has 0 spiro atoms. The highest BCUT2D eigenvalue weighted by Crippen LogP contribution is 2.44. The number of amides is 2. The summed E-state index contributed by atoms with van der Waals surface area (Å²) in [7, 11) is 0. The molecule has 9 nitrogen and oxygen atoms in total. The van der Waals surface area contributed by atoms with E-state index in [2.05, 4.69) is 10.6 Å². The van der Waals surface area contributed by atoms with Crippen molar-refractivity contribution in [1.29, 1.82) is 0 Å². The highest BCUT2D eigenvalue weighted by molar-refractivity contribution is 5.86. The SMILES string of the molecule is CCOC(CNC(=O)C(CCC(=O)O)NC(=O)OCC1c2ccccc2-c2ccccc21)OCC. The first-order valence-corrected chi connectivity index (χ1v) is 11.8. The predicted octanol–water partition coefficient (Wildman–Crippen LogP) is 3.27. The van der Waals surface area contributed by atoms with Gasteiger partial charge in [-0.05, 0) is 42.5 Å². The number of ether oxygens (including phenoxy) is 3. The molecule has 3 rings (SSSR count). The summed E-state index contributed by atoms with van der Waals surface area (Å²) in [4.78, 5) is 36.4. The number of nitrogens with one attached hydrogen (secondary N) is 2. The van der Waals surface area contributed by atoms with Crippen LogP contribution in [-0.2, 0) is 23.8 Å². The zero-order valence-corrected chi connectivity index (χ0v) is 20.0. The van der Waals surface area contributed by atoms with Crippen LogP contribution in [0.15, 0.2) is 48.5 Å². The summed E-state index contributed by atoms with van der Waals surface area (Å²) in [5.41, 5.74) is 4.35. The Bertz CT molecular complexity index is 975. The quantitative estimate of drug-likeness (QED) is 0.373. The highest BCUT2D eigenvalue weighted by atomic mass is 16.7. The number of carboxylic acid groups (broad SMARTS) is 1. The number of carbonyl (C=O) groups is 3. The van der Waals surface area contributed by atoms with Gasteiger partial charge in [0.2, 0.25) is 5.91 Å². The van der Waals surface area contributed by atoms with E-state index in [1.807, 2.05) is 62.4 Å². The van der Waals surface area contributed by atoms with Crippen LogP contribution in [0.2, 0.25) is 0 Å². The summed E-state index contributed by atoms with van der Waals surface area (Å²) >= 11 is 0. The van der Waals surface area contributed by atoms with Gasteiger partial charge in [0.25, 0.3) is 0 Å². The van der Waals surface area contributed by atoms with Crippen molar-refractivity contribution in [1.82, 2.24) is 10.6 Å². The number of carbonyl (C=O) groups excluding carboxylic acids is 2. The number of fused-ring (bicyclic) bond motifs is 3. The van der Waals surface area contributed by atoms with Crippen LogP contribution in [-0.4, -0.2) is 61.8 Å². The molecule has 0 aliphatic heterocycles. The first-order chi connectivity index (χ1) is 16.9. The van der Waals surface area contributed by atoms with E-state index in [0.717, 1.165) is 22.3 Å². The fourth-order valence-corrected chi connectivity index (χ4v) is 4.16. The van der Waals surface area contributed by atoms with Crippen LogP contribution in [0.1, 0.15) is 43.7 Å². The minimum atomic E-state index is -1.08. The molecule has 2 aromatic carbocycles. The topological polar surface area (TPSA) is 123 Å². The van der Waals surface area contributed by atoms with Gasteiger partial charge < -0.3 is 30.0 Å². The van der Waals surface area contributed by atoms with E-state index in [9.17, 15) is 14.4 Å². The Morgan fingerprint density at radius 3 is 2.06 bits per heavy atom.